The van der Waals surface area contributed by atoms with Crippen LogP contribution in [-0.2, 0) is 0 Å². The van der Waals surface area contributed by atoms with Crippen LogP contribution in [0.3, 0.4) is 0 Å². The van der Waals surface area contributed by atoms with Crippen molar-refractivity contribution in [1.29, 1.82) is 0 Å². The summed E-state index contributed by atoms with van der Waals surface area (Å²) >= 11 is 1.63. The van der Waals surface area contributed by atoms with Gasteiger partial charge in [-0.3, -0.25) is 0 Å². The van der Waals surface area contributed by atoms with Gasteiger partial charge in [0.15, 0.2) is 0 Å². The van der Waals surface area contributed by atoms with Gasteiger partial charge in [0.1, 0.15) is 0 Å². The fraction of sp³-hybridized carbons (Fsp3) is 0.100. The molecule has 0 atom stereocenters. The van der Waals surface area contributed by atoms with E-state index < -0.39 is 0 Å². The van der Waals surface area contributed by atoms with Gasteiger partial charge in [-0.2, -0.15) is 0 Å². The third kappa shape index (κ3) is 1.28. The minimum atomic E-state index is 1.09. The Morgan fingerprint density at radius 1 is 1.17 bits per heavy atom. The molecule has 0 spiro atoms. The van der Waals surface area contributed by atoms with E-state index in [1.165, 1.54) is 9.50 Å². The Bertz CT molecular complexity index is 423. The molecule has 0 N–H and O–H groups in total. The zero-order chi connectivity index (χ0) is 8.55. The summed E-state index contributed by atoms with van der Waals surface area (Å²) in [6.45, 7) is 2.03. The van der Waals surface area contributed by atoms with E-state index in [-0.39, 0.29) is 0 Å². The van der Waals surface area contributed by atoms with Gasteiger partial charge in [-0.15, -0.1) is 0 Å². The van der Waals surface area contributed by atoms with Crippen LogP contribution in [0.4, 0.5) is 0 Å². The molecule has 2 aromatic rings. The van der Waals surface area contributed by atoms with Crippen LogP contribution in [0.5, 0.6) is 0 Å². The van der Waals surface area contributed by atoms with Gasteiger partial charge in [0.2, 0.25) is 0 Å². The zero-order valence-electron chi connectivity index (χ0n) is 6.91. The Labute approximate surface area is 81.7 Å². The first kappa shape index (κ1) is 7.89. The SMILES string of the molecule is Cc1ccc2ccc[c]([Ga])c2n1. The molecule has 2 heteroatoms. The van der Waals surface area contributed by atoms with Crippen LogP contribution >= 0.6 is 0 Å². The van der Waals surface area contributed by atoms with E-state index in [0.717, 1.165) is 11.2 Å². The Morgan fingerprint density at radius 2 is 2.00 bits per heavy atom. The van der Waals surface area contributed by atoms with Crippen LogP contribution in [-0.4, -0.2) is 23.6 Å². The quantitative estimate of drug-likeness (QED) is 0.600. The molecular formula is C10H8GaN. The van der Waals surface area contributed by atoms with Crippen molar-refractivity contribution in [2.75, 3.05) is 0 Å². The summed E-state index contributed by atoms with van der Waals surface area (Å²) in [4.78, 5) is 4.49. The van der Waals surface area contributed by atoms with Crippen LogP contribution in [0.25, 0.3) is 10.9 Å². The maximum absolute atomic E-state index is 4.49. The van der Waals surface area contributed by atoms with Crippen LogP contribution in [0, 0.1) is 6.92 Å². The van der Waals surface area contributed by atoms with Gasteiger partial charge in [0.25, 0.3) is 0 Å². The van der Waals surface area contributed by atoms with Gasteiger partial charge in [0.05, 0.1) is 0 Å². The van der Waals surface area contributed by atoms with Crippen molar-refractivity contribution in [3.63, 3.8) is 0 Å². The summed E-state index contributed by atoms with van der Waals surface area (Å²) in [6.07, 6.45) is 0. The van der Waals surface area contributed by atoms with Crippen molar-refractivity contribution in [2.45, 2.75) is 6.92 Å². The number of pyridine rings is 1. The molecule has 2 radical (unpaired) electrons. The molecule has 0 bridgehead atoms. The van der Waals surface area contributed by atoms with Crippen molar-refractivity contribution in [3.05, 3.63) is 36.0 Å². The molecule has 0 aliphatic rings. The molecule has 0 unspecified atom stereocenters. The predicted octanol–water partition coefficient (Wildman–Crippen LogP) is 1.34. The summed E-state index contributed by atoms with van der Waals surface area (Å²) in [5.41, 5.74) is 2.24. The van der Waals surface area contributed by atoms with Crippen LogP contribution < -0.4 is 4.12 Å². The Morgan fingerprint density at radius 3 is 2.83 bits per heavy atom. The fourth-order valence-corrected chi connectivity index (χ4v) is 1.99. The third-order valence-corrected chi connectivity index (χ3v) is 2.87. The van der Waals surface area contributed by atoms with E-state index in [2.05, 4.69) is 35.3 Å². The summed E-state index contributed by atoms with van der Waals surface area (Å²) in [6, 6.07) is 10.5. The van der Waals surface area contributed by atoms with Gasteiger partial charge < -0.3 is 0 Å². The molecule has 1 aromatic carbocycles. The zero-order valence-corrected chi connectivity index (χ0v) is 9.33. The second-order valence-electron chi connectivity index (χ2n) is 2.87. The van der Waals surface area contributed by atoms with E-state index in [9.17, 15) is 0 Å². The molecule has 1 nitrogen and oxygen atoms in total. The van der Waals surface area contributed by atoms with Gasteiger partial charge in [-0.25, -0.2) is 0 Å². The Kier molecular flexibility index (Phi) is 1.94. The molecule has 0 aliphatic heterocycles. The number of fused-ring (bicyclic) bond motifs is 1. The molecule has 0 amide bonds. The molecule has 0 saturated heterocycles. The van der Waals surface area contributed by atoms with Crippen molar-refractivity contribution >= 4 is 33.6 Å². The van der Waals surface area contributed by atoms with Crippen LogP contribution in [0.2, 0.25) is 0 Å². The first-order chi connectivity index (χ1) is 5.77. The normalized spacial score (nSPS) is 10.4. The number of para-hydroxylation sites is 1. The van der Waals surface area contributed by atoms with E-state index in [0.29, 0.717) is 0 Å². The molecule has 0 fully saturated rings. The average molecular weight is 212 g/mol. The Hall–Kier alpha value is -0.734. The summed E-state index contributed by atoms with van der Waals surface area (Å²) < 4.78 is 1.31. The van der Waals surface area contributed by atoms with E-state index in [1.54, 1.807) is 18.6 Å². The number of benzene rings is 1. The minimum absolute atomic E-state index is 1.09. The van der Waals surface area contributed by atoms with E-state index in [4.69, 9.17) is 0 Å². The number of aryl methyl sites for hydroxylation is 1. The number of aromatic nitrogens is 1. The standard InChI is InChI=1S/C10H8N.Ga/c1-8-6-7-9-4-2-3-5-10(9)11-8;/h2-4,6-7H,1H3;. The number of hydrogen-bond donors (Lipinski definition) is 0. The van der Waals surface area contributed by atoms with Crippen molar-refractivity contribution < 1.29 is 0 Å². The first-order valence-electron chi connectivity index (χ1n) is 3.89. The molecule has 0 aliphatic carbocycles. The van der Waals surface area contributed by atoms with Crippen LogP contribution in [0.1, 0.15) is 5.69 Å². The fourth-order valence-electron chi connectivity index (χ4n) is 1.27. The molecule has 1 heterocycles. The van der Waals surface area contributed by atoms with Crippen molar-refractivity contribution in [2.24, 2.45) is 0 Å². The molecule has 12 heavy (non-hydrogen) atoms. The average Bonchev–Trinajstić information content (AvgIpc) is 2.07. The molecular weight excluding hydrogens is 204 g/mol. The van der Waals surface area contributed by atoms with Crippen LogP contribution in [0.15, 0.2) is 30.3 Å². The van der Waals surface area contributed by atoms with E-state index in [1.807, 2.05) is 6.92 Å². The second-order valence-corrected chi connectivity index (χ2v) is 4.18. The summed E-state index contributed by atoms with van der Waals surface area (Å²) in [5.74, 6) is 0. The third-order valence-electron chi connectivity index (χ3n) is 1.89. The summed E-state index contributed by atoms with van der Waals surface area (Å²) in [7, 11) is 0. The monoisotopic (exact) mass is 211 g/mol. The number of rotatable bonds is 0. The summed E-state index contributed by atoms with van der Waals surface area (Å²) in [5, 5.41) is 1.24. The molecule has 56 valence electrons. The van der Waals surface area contributed by atoms with Gasteiger partial charge in [-0.1, -0.05) is 0 Å². The maximum atomic E-state index is 4.49. The van der Waals surface area contributed by atoms with Gasteiger partial charge >= 0.3 is 81.6 Å². The van der Waals surface area contributed by atoms with E-state index >= 15 is 0 Å². The molecule has 2 rings (SSSR count). The van der Waals surface area contributed by atoms with Gasteiger partial charge in [-0.05, 0) is 0 Å². The predicted molar refractivity (Wildman–Crippen MR) is 51.9 cm³/mol. The first-order valence-corrected chi connectivity index (χ1v) is 5.10. The van der Waals surface area contributed by atoms with Crippen molar-refractivity contribution in [1.82, 2.24) is 4.98 Å². The molecule has 0 saturated carbocycles. The van der Waals surface area contributed by atoms with Crippen molar-refractivity contribution in [3.8, 4) is 0 Å². The van der Waals surface area contributed by atoms with Gasteiger partial charge in [0, 0.05) is 0 Å². The number of hydrogen-bond acceptors (Lipinski definition) is 1. The topological polar surface area (TPSA) is 12.9 Å². The second kappa shape index (κ2) is 2.96. The number of nitrogens with zero attached hydrogens (tertiary/aromatic N) is 1. The molecule has 1 aromatic heterocycles. The Balaban J connectivity index is 2.88.